The molecule has 0 aliphatic carbocycles. The Labute approximate surface area is 105 Å². The summed E-state index contributed by atoms with van der Waals surface area (Å²) in [5, 5.41) is 5.62. The van der Waals surface area contributed by atoms with Crippen LogP contribution in [0.2, 0.25) is 0 Å². The van der Waals surface area contributed by atoms with Gasteiger partial charge < -0.3 is 4.74 Å². The number of rotatable bonds is 3. The van der Waals surface area contributed by atoms with Crippen LogP contribution in [0.5, 0.6) is 0 Å². The summed E-state index contributed by atoms with van der Waals surface area (Å²) < 4.78 is 4.99. The van der Waals surface area contributed by atoms with Crippen LogP contribution in [0.1, 0.15) is 54.9 Å². The smallest absolute Gasteiger partial charge is 0.430 e. The lowest BCUT2D eigenvalue weighted by molar-refractivity contribution is 0.0731. The minimum atomic E-state index is -0.398. The molecule has 0 heterocycles. The first kappa shape index (κ1) is 15.9. The summed E-state index contributed by atoms with van der Waals surface area (Å²) in [5.41, 5.74) is -0.206. The fourth-order valence-electron chi connectivity index (χ4n) is 1.08. The fraction of sp³-hybridized carbons (Fsp3) is 0.846. The summed E-state index contributed by atoms with van der Waals surface area (Å²) in [5.74, 6) is 0. The number of ether oxygens (including phenoxy) is 1. The number of hydrogen-bond donors (Lipinski definition) is 0. The van der Waals surface area contributed by atoms with Crippen molar-refractivity contribution in [3.8, 4) is 0 Å². The molecule has 0 saturated heterocycles. The molecule has 17 heavy (non-hydrogen) atoms. The van der Waals surface area contributed by atoms with Gasteiger partial charge in [0.2, 0.25) is 0 Å². The molecular formula is C13H26N2O2. The van der Waals surface area contributed by atoms with Crippen molar-refractivity contribution in [2.75, 3.05) is 6.61 Å². The number of nitrogens with zero attached hydrogens (tertiary/aromatic N) is 2. The monoisotopic (exact) mass is 242 g/mol. The maximum atomic E-state index is 11.7. The molecule has 0 spiro atoms. The van der Waals surface area contributed by atoms with E-state index in [1.54, 1.807) is 13.1 Å². The molecule has 4 heteroatoms. The van der Waals surface area contributed by atoms with Gasteiger partial charge in [-0.3, -0.25) is 0 Å². The standard InChI is InChI=1S/C13H26N2O2/c1-8-17-11(16)15(13(5,6)7)14-10-9-12(2,3)4/h10H,8-9H2,1-7H3/b14-10-. The van der Waals surface area contributed by atoms with Crippen molar-refractivity contribution in [1.29, 1.82) is 0 Å². The molecule has 0 fully saturated rings. The van der Waals surface area contributed by atoms with E-state index in [2.05, 4.69) is 25.9 Å². The summed E-state index contributed by atoms with van der Waals surface area (Å²) in [6.45, 7) is 14.3. The van der Waals surface area contributed by atoms with Crippen LogP contribution >= 0.6 is 0 Å². The third kappa shape index (κ3) is 6.97. The molecule has 0 aliphatic heterocycles. The molecule has 0 unspecified atom stereocenters. The second-order valence-corrected chi connectivity index (χ2v) is 6.24. The van der Waals surface area contributed by atoms with Crippen LogP contribution in [0, 0.1) is 5.41 Å². The Kier molecular flexibility index (Phi) is 5.66. The van der Waals surface area contributed by atoms with Crippen molar-refractivity contribution in [3.63, 3.8) is 0 Å². The van der Waals surface area contributed by atoms with Gasteiger partial charge in [0.05, 0.1) is 12.1 Å². The van der Waals surface area contributed by atoms with Gasteiger partial charge in [-0.25, -0.2) is 4.79 Å². The molecule has 0 radical (unpaired) electrons. The van der Waals surface area contributed by atoms with Crippen LogP contribution < -0.4 is 0 Å². The van der Waals surface area contributed by atoms with Crippen molar-refractivity contribution >= 4 is 12.3 Å². The second kappa shape index (κ2) is 6.03. The summed E-state index contributed by atoms with van der Waals surface area (Å²) in [6, 6.07) is 0. The quantitative estimate of drug-likeness (QED) is 0.560. The van der Waals surface area contributed by atoms with E-state index in [0.29, 0.717) is 6.61 Å². The van der Waals surface area contributed by atoms with Crippen LogP contribution in [-0.4, -0.2) is 29.5 Å². The summed E-state index contributed by atoms with van der Waals surface area (Å²) in [4.78, 5) is 11.7. The van der Waals surface area contributed by atoms with E-state index >= 15 is 0 Å². The van der Waals surface area contributed by atoms with Crippen LogP contribution in [0.25, 0.3) is 0 Å². The maximum absolute atomic E-state index is 11.7. The van der Waals surface area contributed by atoms with Gasteiger partial charge in [-0.1, -0.05) is 20.8 Å². The first-order chi connectivity index (χ1) is 7.58. The molecule has 0 bridgehead atoms. The molecule has 0 saturated carbocycles. The van der Waals surface area contributed by atoms with Crippen LogP contribution in [-0.2, 0) is 4.74 Å². The van der Waals surface area contributed by atoms with Gasteiger partial charge >= 0.3 is 6.09 Å². The molecule has 0 N–H and O–H groups in total. The van der Waals surface area contributed by atoms with E-state index in [9.17, 15) is 4.79 Å². The molecule has 0 atom stereocenters. The molecule has 100 valence electrons. The summed E-state index contributed by atoms with van der Waals surface area (Å²) in [6.07, 6.45) is 2.20. The Morgan fingerprint density at radius 1 is 1.24 bits per heavy atom. The number of amides is 1. The lowest BCUT2D eigenvalue weighted by atomic mass is 9.93. The zero-order valence-electron chi connectivity index (χ0n) is 12.2. The van der Waals surface area contributed by atoms with Crippen molar-refractivity contribution in [1.82, 2.24) is 5.01 Å². The Balaban J connectivity index is 4.68. The molecule has 0 aromatic carbocycles. The molecule has 0 rings (SSSR count). The Bertz CT molecular complexity index is 272. The number of carbonyl (C=O) groups is 1. The number of hydrazone groups is 1. The first-order valence-electron chi connectivity index (χ1n) is 6.07. The minimum Gasteiger partial charge on any atom is -0.448 e. The van der Waals surface area contributed by atoms with E-state index in [1.165, 1.54) is 5.01 Å². The van der Waals surface area contributed by atoms with Crippen LogP contribution in [0.3, 0.4) is 0 Å². The zero-order valence-corrected chi connectivity index (χ0v) is 12.2. The third-order valence-corrected chi connectivity index (χ3v) is 1.98. The predicted molar refractivity (Wildman–Crippen MR) is 71.2 cm³/mol. The molecule has 4 nitrogen and oxygen atoms in total. The highest BCUT2D eigenvalue weighted by atomic mass is 16.6. The van der Waals surface area contributed by atoms with Crippen molar-refractivity contribution in [2.24, 2.45) is 10.5 Å². The van der Waals surface area contributed by atoms with Gasteiger partial charge in [0.25, 0.3) is 0 Å². The van der Waals surface area contributed by atoms with E-state index < -0.39 is 6.09 Å². The van der Waals surface area contributed by atoms with Gasteiger partial charge in [-0.15, -0.1) is 0 Å². The van der Waals surface area contributed by atoms with E-state index in [1.807, 2.05) is 20.8 Å². The topological polar surface area (TPSA) is 41.9 Å². The summed E-state index contributed by atoms with van der Waals surface area (Å²) in [7, 11) is 0. The normalized spacial score (nSPS) is 12.9. The largest absolute Gasteiger partial charge is 0.448 e. The van der Waals surface area contributed by atoms with Crippen molar-refractivity contribution in [3.05, 3.63) is 0 Å². The highest BCUT2D eigenvalue weighted by molar-refractivity contribution is 5.70. The third-order valence-electron chi connectivity index (χ3n) is 1.98. The van der Waals surface area contributed by atoms with Crippen LogP contribution in [0.4, 0.5) is 4.79 Å². The molecule has 0 aromatic heterocycles. The van der Waals surface area contributed by atoms with Gasteiger partial charge in [0.1, 0.15) is 0 Å². The van der Waals surface area contributed by atoms with E-state index in [4.69, 9.17) is 4.74 Å². The fourth-order valence-corrected chi connectivity index (χ4v) is 1.08. The van der Waals surface area contributed by atoms with Gasteiger partial charge in [-0.05, 0) is 39.5 Å². The van der Waals surface area contributed by atoms with Crippen molar-refractivity contribution < 1.29 is 9.53 Å². The van der Waals surface area contributed by atoms with Gasteiger partial charge in [0.15, 0.2) is 0 Å². The average molecular weight is 242 g/mol. The Hall–Kier alpha value is -1.06. The number of hydrogen-bond acceptors (Lipinski definition) is 3. The average Bonchev–Trinajstić information content (AvgIpc) is 2.08. The second-order valence-electron chi connectivity index (χ2n) is 6.24. The van der Waals surface area contributed by atoms with E-state index in [0.717, 1.165) is 6.42 Å². The predicted octanol–water partition coefficient (Wildman–Crippen LogP) is 3.67. The lowest BCUT2D eigenvalue weighted by Gasteiger charge is -2.30. The molecule has 0 aromatic rings. The van der Waals surface area contributed by atoms with Crippen LogP contribution in [0.15, 0.2) is 5.10 Å². The minimum absolute atomic E-state index is 0.168. The Morgan fingerprint density at radius 2 is 1.76 bits per heavy atom. The molecular weight excluding hydrogens is 216 g/mol. The van der Waals surface area contributed by atoms with Gasteiger partial charge in [0, 0.05) is 6.21 Å². The summed E-state index contributed by atoms with van der Waals surface area (Å²) >= 11 is 0. The SMILES string of the molecule is CCOC(=O)N(/N=C\CC(C)(C)C)C(C)(C)C. The lowest BCUT2D eigenvalue weighted by Crippen LogP contribution is -2.42. The highest BCUT2D eigenvalue weighted by Crippen LogP contribution is 2.18. The Morgan fingerprint density at radius 3 is 2.12 bits per heavy atom. The zero-order chi connectivity index (χ0) is 13.7. The molecule has 1 amide bonds. The molecule has 0 aliphatic rings. The van der Waals surface area contributed by atoms with E-state index in [-0.39, 0.29) is 11.0 Å². The first-order valence-corrected chi connectivity index (χ1v) is 6.07. The van der Waals surface area contributed by atoms with Gasteiger partial charge in [-0.2, -0.15) is 10.1 Å². The highest BCUT2D eigenvalue weighted by Gasteiger charge is 2.27. The maximum Gasteiger partial charge on any atom is 0.430 e. The number of carbonyl (C=O) groups excluding carboxylic acids is 1. The van der Waals surface area contributed by atoms with Crippen molar-refractivity contribution in [2.45, 2.75) is 60.4 Å².